The maximum Gasteiger partial charge on any atom is 0.240 e. The Balaban J connectivity index is 1.80. The van der Waals surface area contributed by atoms with E-state index >= 15 is 0 Å². The molecule has 0 atom stereocenters. The van der Waals surface area contributed by atoms with Gasteiger partial charge in [0.1, 0.15) is 0 Å². The molecule has 5 nitrogen and oxygen atoms in total. The Kier molecular flexibility index (Phi) is 6.37. The molecule has 1 fully saturated rings. The largest absolute Gasteiger partial charge is 0.314 e. The molecule has 0 spiro atoms. The van der Waals surface area contributed by atoms with Crippen LogP contribution in [0.15, 0.2) is 29.2 Å². The molecule has 1 saturated heterocycles. The van der Waals surface area contributed by atoms with Crippen LogP contribution in [0.2, 0.25) is 0 Å². The van der Waals surface area contributed by atoms with Crippen molar-refractivity contribution in [2.75, 3.05) is 39.3 Å². The lowest BCUT2D eigenvalue weighted by Gasteiger charge is -2.27. The van der Waals surface area contributed by atoms with Gasteiger partial charge < -0.3 is 10.2 Å². The van der Waals surface area contributed by atoms with Crippen molar-refractivity contribution in [3.05, 3.63) is 29.8 Å². The minimum atomic E-state index is -3.39. The summed E-state index contributed by atoms with van der Waals surface area (Å²) in [5, 5.41) is 3.31. The molecule has 6 heteroatoms. The van der Waals surface area contributed by atoms with E-state index in [9.17, 15) is 8.42 Å². The monoisotopic (exact) mass is 325 g/mol. The van der Waals surface area contributed by atoms with Crippen molar-refractivity contribution in [2.24, 2.45) is 0 Å². The second kappa shape index (κ2) is 8.06. The van der Waals surface area contributed by atoms with Crippen LogP contribution in [0.1, 0.15) is 31.7 Å². The summed E-state index contributed by atoms with van der Waals surface area (Å²) in [4.78, 5) is 2.71. The fourth-order valence-corrected chi connectivity index (χ4v) is 3.63. The molecule has 1 aromatic carbocycles. The van der Waals surface area contributed by atoms with Crippen LogP contribution in [0.25, 0.3) is 0 Å². The number of hydrogen-bond acceptors (Lipinski definition) is 4. The summed E-state index contributed by atoms with van der Waals surface area (Å²) in [5.41, 5.74) is 1.15. The zero-order valence-electron chi connectivity index (χ0n) is 13.5. The first-order chi connectivity index (χ1) is 10.5. The fourth-order valence-electron chi connectivity index (χ4n) is 2.56. The average molecular weight is 325 g/mol. The molecular formula is C16H27N3O2S. The Morgan fingerprint density at radius 1 is 1.18 bits per heavy atom. The topological polar surface area (TPSA) is 61.4 Å². The molecule has 0 aromatic heterocycles. The summed E-state index contributed by atoms with van der Waals surface area (Å²) in [7, 11) is -3.39. The van der Waals surface area contributed by atoms with E-state index in [4.69, 9.17) is 0 Å². The molecule has 0 aliphatic carbocycles. The highest BCUT2D eigenvalue weighted by atomic mass is 32.2. The van der Waals surface area contributed by atoms with Gasteiger partial charge in [-0.3, -0.25) is 0 Å². The van der Waals surface area contributed by atoms with Crippen LogP contribution in [0.5, 0.6) is 0 Å². The molecule has 0 unspecified atom stereocenters. The van der Waals surface area contributed by atoms with E-state index < -0.39 is 10.0 Å². The third-order valence-electron chi connectivity index (χ3n) is 4.01. The summed E-state index contributed by atoms with van der Waals surface area (Å²) in [6.07, 6.45) is 0.837. The highest BCUT2D eigenvalue weighted by molar-refractivity contribution is 7.89. The Hall–Kier alpha value is -0.950. The highest BCUT2D eigenvalue weighted by Crippen LogP contribution is 2.17. The summed E-state index contributed by atoms with van der Waals surface area (Å²) < 4.78 is 27.2. The van der Waals surface area contributed by atoms with Crippen LogP contribution in [0.3, 0.4) is 0 Å². The molecule has 0 radical (unpaired) electrons. The van der Waals surface area contributed by atoms with Crippen LogP contribution in [0.4, 0.5) is 0 Å². The molecule has 1 aromatic rings. The SMILES string of the molecule is CC(C)c1ccc(S(=O)(=O)NCCCN2CCNCC2)cc1. The van der Waals surface area contributed by atoms with Crippen LogP contribution in [-0.2, 0) is 10.0 Å². The van der Waals surface area contributed by atoms with Crippen molar-refractivity contribution in [1.29, 1.82) is 0 Å². The lowest BCUT2D eigenvalue weighted by Crippen LogP contribution is -2.44. The predicted molar refractivity (Wildman–Crippen MR) is 89.6 cm³/mol. The zero-order chi connectivity index (χ0) is 16.0. The van der Waals surface area contributed by atoms with Crippen molar-refractivity contribution in [1.82, 2.24) is 14.9 Å². The van der Waals surface area contributed by atoms with E-state index in [1.54, 1.807) is 12.1 Å². The van der Waals surface area contributed by atoms with Gasteiger partial charge in [-0.05, 0) is 36.6 Å². The molecule has 2 N–H and O–H groups in total. The van der Waals surface area contributed by atoms with Crippen LogP contribution < -0.4 is 10.0 Å². The molecule has 0 bridgehead atoms. The lowest BCUT2D eigenvalue weighted by atomic mass is 10.0. The standard InChI is InChI=1S/C16H27N3O2S/c1-14(2)15-4-6-16(7-5-15)22(20,21)18-8-3-11-19-12-9-17-10-13-19/h4-7,14,17-18H,3,8-13H2,1-2H3. The van der Waals surface area contributed by atoms with Gasteiger partial charge in [0, 0.05) is 32.7 Å². The van der Waals surface area contributed by atoms with Crippen LogP contribution >= 0.6 is 0 Å². The fraction of sp³-hybridized carbons (Fsp3) is 0.625. The third kappa shape index (κ3) is 5.05. The van der Waals surface area contributed by atoms with Gasteiger partial charge in [-0.1, -0.05) is 26.0 Å². The van der Waals surface area contributed by atoms with E-state index in [2.05, 4.69) is 28.8 Å². The van der Waals surface area contributed by atoms with E-state index in [-0.39, 0.29) is 0 Å². The van der Waals surface area contributed by atoms with Crippen molar-refractivity contribution >= 4 is 10.0 Å². The zero-order valence-corrected chi connectivity index (χ0v) is 14.3. The van der Waals surface area contributed by atoms with Gasteiger partial charge in [-0.2, -0.15) is 0 Å². The predicted octanol–water partition coefficient (Wildman–Crippen LogP) is 1.38. The normalized spacial score (nSPS) is 17.0. The molecule has 2 rings (SSSR count). The molecule has 22 heavy (non-hydrogen) atoms. The summed E-state index contributed by atoms with van der Waals surface area (Å²) in [5.74, 6) is 0.406. The Morgan fingerprint density at radius 2 is 1.82 bits per heavy atom. The van der Waals surface area contributed by atoms with Gasteiger partial charge in [0.05, 0.1) is 4.90 Å². The Bertz CT molecular complexity index is 549. The van der Waals surface area contributed by atoms with E-state index in [1.807, 2.05) is 12.1 Å². The average Bonchev–Trinajstić information content (AvgIpc) is 2.53. The molecular weight excluding hydrogens is 298 g/mol. The number of hydrogen-bond donors (Lipinski definition) is 2. The maximum absolute atomic E-state index is 12.2. The summed E-state index contributed by atoms with van der Waals surface area (Å²) in [6, 6.07) is 7.15. The molecule has 0 amide bonds. The minimum absolute atomic E-state index is 0.346. The van der Waals surface area contributed by atoms with Crippen molar-refractivity contribution in [3.63, 3.8) is 0 Å². The quantitative estimate of drug-likeness (QED) is 0.744. The first kappa shape index (κ1) is 17.4. The van der Waals surface area contributed by atoms with Crippen molar-refractivity contribution in [3.8, 4) is 0 Å². The number of rotatable bonds is 7. The van der Waals surface area contributed by atoms with Gasteiger partial charge in [0.25, 0.3) is 0 Å². The van der Waals surface area contributed by atoms with Crippen LogP contribution in [0, 0.1) is 0 Å². The van der Waals surface area contributed by atoms with Gasteiger partial charge >= 0.3 is 0 Å². The first-order valence-electron chi connectivity index (χ1n) is 8.02. The summed E-state index contributed by atoms with van der Waals surface area (Å²) >= 11 is 0. The van der Waals surface area contributed by atoms with Crippen LogP contribution in [-0.4, -0.2) is 52.6 Å². The minimum Gasteiger partial charge on any atom is -0.314 e. The summed E-state index contributed by atoms with van der Waals surface area (Å²) in [6.45, 7) is 9.75. The molecule has 0 saturated carbocycles. The van der Waals surface area contributed by atoms with Gasteiger partial charge in [0.15, 0.2) is 0 Å². The van der Waals surface area contributed by atoms with Crippen molar-refractivity contribution < 1.29 is 8.42 Å². The second-order valence-electron chi connectivity index (χ2n) is 6.07. The maximum atomic E-state index is 12.2. The number of benzene rings is 1. The second-order valence-corrected chi connectivity index (χ2v) is 7.83. The Morgan fingerprint density at radius 3 is 2.41 bits per heavy atom. The highest BCUT2D eigenvalue weighted by Gasteiger charge is 2.14. The molecule has 1 heterocycles. The van der Waals surface area contributed by atoms with E-state index in [0.717, 1.165) is 44.7 Å². The molecule has 1 aliphatic rings. The third-order valence-corrected chi connectivity index (χ3v) is 5.49. The first-order valence-corrected chi connectivity index (χ1v) is 9.50. The number of nitrogens with zero attached hydrogens (tertiary/aromatic N) is 1. The van der Waals surface area contributed by atoms with Gasteiger partial charge in [-0.25, -0.2) is 13.1 Å². The molecule has 1 aliphatic heterocycles. The van der Waals surface area contributed by atoms with E-state index in [1.165, 1.54) is 0 Å². The van der Waals surface area contributed by atoms with Gasteiger partial charge in [0.2, 0.25) is 10.0 Å². The van der Waals surface area contributed by atoms with Gasteiger partial charge in [-0.15, -0.1) is 0 Å². The number of sulfonamides is 1. The van der Waals surface area contributed by atoms with E-state index in [0.29, 0.717) is 17.4 Å². The van der Waals surface area contributed by atoms with Crippen molar-refractivity contribution in [2.45, 2.75) is 31.1 Å². The molecule has 124 valence electrons. The Labute approximate surface area is 134 Å². The number of piperazine rings is 1. The number of nitrogens with one attached hydrogen (secondary N) is 2. The lowest BCUT2D eigenvalue weighted by molar-refractivity contribution is 0.239. The smallest absolute Gasteiger partial charge is 0.240 e.